The number of rotatable bonds is 2. The van der Waals surface area contributed by atoms with Gasteiger partial charge in [-0.2, -0.15) is 0 Å². The van der Waals surface area contributed by atoms with Crippen LogP contribution in [-0.4, -0.2) is 11.6 Å². The zero-order valence-corrected chi connectivity index (χ0v) is 10.7. The minimum absolute atomic E-state index is 0.114. The number of halogens is 1. The normalized spacial score (nSPS) is 17.3. The molecule has 4 heteroatoms. The number of Topliss-reactive ketones (excluding diaryl/α,β-unsaturated/α-hetero) is 2. The van der Waals surface area contributed by atoms with Crippen molar-refractivity contribution in [2.45, 2.75) is 13.8 Å². The lowest BCUT2D eigenvalue weighted by Gasteiger charge is -1.99. The highest BCUT2D eigenvalue weighted by atomic mass is 35.5. The molecular weight excluding hydrogens is 252 g/mol. The van der Waals surface area contributed by atoms with Crippen LogP contribution in [0.1, 0.15) is 19.4 Å². The van der Waals surface area contributed by atoms with Gasteiger partial charge in [0.1, 0.15) is 11.3 Å². The molecule has 1 aromatic carbocycles. The largest absolute Gasteiger partial charge is 0.457 e. The molecule has 0 saturated carbocycles. The van der Waals surface area contributed by atoms with E-state index in [1.54, 1.807) is 37.3 Å². The van der Waals surface area contributed by atoms with Crippen molar-refractivity contribution in [2.24, 2.45) is 0 Å². The molecule has 0 fully saturated rings. The van der Waals surface area contributed by atoms with Crippen molar-refractivity contribution in [2.75, 3.05) is 0 Å². The van der Waals surface area contributed by atoms with Gasteiger partial charge < -0.3 is 4.74 Å². The van der Waals surface area contributed by atoms with Gasteiger partial charge in [-0.3, -0.25) is 9.59 Å². The van der Waals surface area contributed by atoms with E-state index < -0.39 is 0 Å². The van der Waals surface area contributed by atoms with Gasteiger partial charge in [0, 0.05) is 5.02 Å². The van der Waals surface area contributed by atoms with Gasteiger partial charge in [-0.1, -0.05) is 23.7 Å². The number of benzene rings is 1. The Labute approximate surface area is 110 Å². The fourth-order valence-electron chi connectivity index (χ4n) is 1.80. The van der Waals surface area contributed by atoms with Crippen LogP contribution in [0.15, 0.2) is 41.4 Å². The Bertz CT molecular complexity index is 597. The van der Waals surface area contributed by atoms with Crippen LogP contribution in [0.3, 0.4) is 0 Å². The van der Waals surface area contributed by atoms with E-state index in [0.717, 1.165) is 5.56 Å². The maximum Gasteiger partial charge on any atom is 0.235 e. The first-order valence-corrected chi connectivity index (χ1v) is 5.78. The Balaban J connectivity index is 2.34. The topological polar surface area (TPSA) is 43.4 Å². The van der Waals surface area contributed by atoms with Gasteiger partial charge in [0.05, 0.1) is 0 Å². The molecular formula is C14H11ClO3. The standard InChI is InChI=1S/C14H11ClO3/c1-8(16)13-9(2)18-12(14(13)17)7-10-4-3-5-11(15)6-10/h3-7H,1-2H3/b12-7+. The Kier molecular flexibility index (Phi) is 3.34. The molecule has 0 aliphatic carbocycles. The molecule has 0 atom stereocenters. The van der Waals surface area contributed by atoms with Crippen molar-refractivity contribution < 1.29 is 14.3 Å². The summed E-state index contributed by atoms with van der Waals surface area (Å²) in [5.74, 6) is -0.160. The minimum atomic E-state index is -0.375. The average Bonchev–Trinajstić information content (AvgIpc) is 2.54. The third-order valence-corrected chi connectivity index (χ3v) is 2.80. The van der Waals surface area contributed by atoms with Crippen LogP contribution in [0.4, 0.5) is 0 Å². The summed E-state index contributed by atoms with van der Waals surface area (Å²) in [7, 11) is 0. The van der Waals surface area contributed by atoms with Crippen LogP contribution in [0, 0.1) is 0 Å². The number of allylic oxidation sites excluding steroid dienone is 2. The van der Waals surface area contributed by atoms with E-state index in [4.69, 9.17) is 16.3 Å². The van der Waals surface area contributed by atoms with E-state index in [2.05, 4.69) is 0 Å². The van der Waals surface area contributed by atoms with Crippen molar-refractivity contribution in [1.82, 2.24) is 0 Å². The summed E-state index contributed by atoms with van der Waals surface area (Å²) in [6.07, 6.45) is 1.58. The van der Waals surface area contributed by atoms with E-state index in [1.165, 1.54) is 6.92 Å². The molecule has 1 heterocycles. The Morgan fingerprint density at radius 1 is 1.39 bits per heavy atom. The lowest BCUT2D eigenvalue weighted by molar-refractivity contribution is -0.118. The number of carbonyl (C=O) groups excluding carboxylic acids is 2. The number of ether oxygens (including phenoxy) is 1. The van der Waals surface area contributed by atoms with Gasteiger partial charge in [0.25, 0.3) is 0 Å². The van der Waals surface area contributed by atoms with Crippen molar-refractivity contribution >= 4 is 29.2 Å². The maximum atomic E-state index is 11.9. The van der Waals surface area contributed by atoms with Crippen molar-refractivity contribution in [3.63, 3.8) is 0 Å². The summed E-state index contributed by atoms with van der Waals surface area (Å²) in [5, 5.41) is 0.575. The van der Waals surface area contributed by atoms with Crippen molar-refractivity contribution in [3.05, 3.63) is 51.9 Å². The number of hydrogen-bond donors (Lipinski definition) is 0. The fourth-order valence-corrected chi connectivity index (χ4v) is 1.99. The van der Waals surface area contributed by atoms with Crippen LogP contribution in [0.25, 0.3) is 6.08 Å². The molecule has 0 radical (unpaired) electrons. The highest BCUT2D eigenvalue weighted by molar-refractivity contribution is 6.31. The molecule has 0 amide bonds. The predicted molar refractivity (Wildman–Crippen MR) is 68.9 cm³/mol. The fraction of sp³-hybridized carbons (Fsp3) is 0.143. The molecule has 1 aliphatic heterocycles. The van der Waals surface area contributed by atoms with Gasteiger partial charge in [-0.15, -0.1) is 0 Å². The third-order valence-electron chi connectivity index (χ3n) is 2.56. The molecule has 3 nitrogen and oxygen atoms in total. The van der Waals surface area contributed by atoms with Crippen LogP contribution in [-0.2, 0) is 14.3 Å². The highest BCUT2D eigenvalue weighted by Crippen LogP contribution is 2.27. The molecule has 0 unspecified atom stereocenters. The van der Waals surface area contributed by atoms with Crippen LogP contribution in [0.2, 0.25) is 5.02 Å². The summed E-state index contributed by atoms with van der Waals surface area (Å²) in [6.45, 7) is 2.95. The van der Waals surface area contributed by atoms with E-state index in [-0.39, 0.29) is 22.9 Å². The smallest absolute Gasteiger partial charge is 0.235 e. The number of ketones is 2. The third kappa shape index (κ3) is 2.36. The van der Waals surface area contributed by atoms with Crippen LogP contribution in [0.5, 0.6) is 0 Å². The van der Waals surface area contributed by atoms with Gasteiger partial charge in [0.2, 0.25) is 5.78 Å². The predicted octanol–water partition coefficient (Wildman–Crippen LogP) is 3.14. The quantitative estimate of drug-likeness (QED) is 0.607. The van der Waals surface area contributed by atoms with Gasteiger partial charge in [-0.25, -0.2) is 0 Å². The van der Waals surface area contributed by atoms with Gasteiger partial charge in [0.15, 0.2) is 11.5 Å². The lowest BCUT2D eigenvalue weighted by Crippen LogP contribution is -2.07. The second-order valence-electron chi connectivity index (χ2n) is 3.98. The molecule has 0 bridgehead atoms. The average molecular weight is 263 g/mol. The maximum absolute atomic E-state index is 11.9. The second kappa shape index (κ2) is 4.78. The molecule has 1 aromatic rings. The summed E-state index contributed by atoms with van der Waals surface area (Å²) >= 11 is 5.85. The van der Waals surface area contributed by atoms with E-state index in [0.29, 0.717) is 10.8 Å². The zero-order valence-electron chi connectivity index (χ0n) is 9.99. The SMILES string of the molecule is CC(=O)C1=C(C)O/C(=C/c2cccc(Cl)c2)C1=O. The van der Waals surface area contributed by atoms with Crippen molar-refractivity contribution in [1.29, 1.82) is 0 Å². The summed E-state index contributed by atoms with van der Waals surface area (Å²) in [5.41, 5.74) is 0.867. The van der Waals surface area contributed by atoms with Crippen molar-refractivity contribution in [3.8, 4) is 0 Å². The first-order chi connectivity index (χ1) is 8.49. The summed E-state index contributed by atoms with van der Waals surface area (Å²) in [6, 6.07) is 7.04. The van der Waals surface area contributed by atoms with E-state index >= 15 is 0 Å². The summed E-state index contributed by atoms with van der Waals surface area (Å²) in [4.78, 5) is 23.3. The molecule has 2 rings (SSSR count). The molecule has 0 spiro atoms. The summed E-state index contributed by atoms with van der Waals surface area (Å²) < 4.78 is 5.32. The molecule has 0 aromatic heterocycles. The molecule has 1 aliphatic rings. The number of hydrogen-bond acceptors (Lipinski definition) is 3. The van der Waals surface area contributed by atoms with Crippen LogP contribution >= 0.6 is 11.6 Å². The molecule has 0 saturated heterocycles. The van der Waals surface area contributed by atoms with E-state index in [1.807, 2.05) is 0 Å². The molecule has 92 valence electrons. The number of carbonyl (C=O) groups is 2. The highest BCUT2D eigenvalue weighted by Gasteiger charge is 2.30. The first-order valence-electron chi connectivity index (χ1n) is 5.40. The lowest BCUT2D eigenvalue weighted by atomic mass is 10.1. The second-order valence-corrected chi connectivity index (χ2v) is 4.42. The van der Waals surface area contributed by atoms with Gasteiger partial charge >= 0.3 is 0 Å². The minimum Gasteiger partial charge on any atom is -0.457 e. The molecule has 0 N–H and O–H groups in total. The Hall–Kier alpha value is -1.87. The monoisotopic (exact) mass is 262 g/mol. The first kappa shape index (κ1) is 12.6. The molecule has 18 heavy (non-hydrogen) atoms. The van der Waals surface area contributed by atoms with E-state index in [9.17, 15) is 9.59 Å². The Morgan fingerprint density at radius 2 is 2.11 bits per heavy atom. The van der Waals surface area contributed by atoms with Crippen LogP contribution < -0.4 is 0 Å². The zero-order chi connectivity index (χ0) is 13.3. The van der Waals surface area contributed by atoms with Gasteiger partial charge in [-0.05, 0) is 37.6 Å². The Morgan fingerprint density at radius 3 is 2.67 bits per heavy atom.